The van der Waals surface area contributed by atoms with E-state index in [-0.39, 0.29) is 17.7 Å². The molecule has 2 atom stereocenters. The number of ether oxygens (including phenoxy) is 2. The molecule has 156 valence electrons. The molecule has 0 aliphatic carbocycles. The van der Waals surface area contributed by atoms with Crippen molar-refractivity contribution < 1.29 is 9.47 Å². The molecular formula is C23H31N3O3. The fourth-order valence-corrected chi connectivity index (χ4v) is 4.53. The summed E-state index contributed by atoms with van der Waals surface area (Å²) in [5.74, 6) is 0.892. The molecule has 2 aromatic rings. The van der Waals surface area contributed by atoms with Gasteiger partial charge in [-0.25, -0.2) is 0 Å². The lowest BCUT2D eigenvalue weighted by atomic mass is 9.98. The summed E-state index contributed by atoms with van der Waals surface area (Å²) >= 11 is 0. The molecular weight excluding hydrogens is 366 g/mol. The Labute approximate surface area is 172 Å². The van der Waals surface area contributed by atoms with E-state index in [4.69, 9.17) is 9.47 Å². The van der Waals surface area contributed by atoms with Gasteiger partial charge < -0.3 is 24.3 Å². The van der Waals surface area contributed by atoms with Crippen LogP contribution in [-0.2, 0) is 15.9 Å². The average molecular weight is 398 g/mol. The lowest BCUT2D eigenvalue weighted by Crippen LogP contribution is -2.46. The maximum atomic E-state index is 12.5. The number of aromatic amines is 1. The fourth-order valence-electron chi connectivity index (χ4n) is 4.53. The first kappa shape index (κ1) is 20.0. The first-order chi connectivity index (χ1) is 14.2. The summed E-state index contributed by atoms with van der Waals surface area (Å²) < 4.78 is 11.4. The van der Waals surface area contributed by atoms with E-state index < -0.39 is 0 Å². The zero-order valence-corrected chi connectivity index (χ0v) is 17.2. The van der Waals surface area contributed by atoms with Crippen molar-refractivity contribution in [3.8, 4) is 0 Å². The van der Waals surface area contributed by atoms with Crippen LogP contribution >= 0.6 is 0 Å². The van der Waals surface area contributed by atoms with E-state index in [1.165, 1.54) is 5.56 Å². The van der Waals surface area contributed by atoms with E-state index in [2.05, 4.69) is 45.1 Å². The topological polar surface area (TPSA) is 57.8 Å². The van der Waals surface area contributed by atoms with Gasteiger partial charge in [0.15, 0.2) is 0 Å². The number of H-pyrrole nitrogens is 1. The third kappa shape index (κ3) is 4.82. The van der Waals surface area contributed by atoms with Crippen molar-refractivity contribution in [2.45, 2.75) is 37.8 Å². The number of morpholine rings is 1. The molecule has 0 saturated carbocycles. The van der Waals surface area contributed by atoms with Gasteiger partial charge in [0.1, 0.15) is 5.82 Å². The molecule has 4 rings (SSSR count). The number of anilines is 2. The van der Waals surface area contributed by atoms with Crippen LogP contribution in [0.25, 0.3) is 0 Å². The van der Waals surface area contributed by atoms with E-state index in [1.807, 2.05) is 6.07 Å². The Morgan fingerprint density at radius 1 is 1.10 bits per heavy atom. The van der Waals surface area contributed by atoms with Crippen LogP contribution in [-0.4, -0.2) is 57.1 Å². The summed E-state index contributed by atoms with van der Waals surface area (Å²) in [4.78, 5) is 20.2. The second kappa shape index (κ2) is 9.46. The molecule has 2 unspecified atom stereocenters. The summed E-state index contributed by atoms with van der Waals surface area (Å²) in [6.45, 7) is 3.95. The minimum Gasteiger partial charge on any atom is -0.379 e. The molecule has 1 aromatic carbocycles. The summed E-state index contributed by atoms with van der Waals surface area (Å²) in [5.41, 5.74) is 2.21. The smallest absolute Gasteiger partial charge is 0.251 e. The van der Waals surface area contributed by atoms with Crippen molar-refractivity contribution in [1.29, 1.82) is 0 Å². The predicted octanol–water partition coefficient (Wildman–Crippen LogP) is 2.83. The van der Waals surface area contributed by atoms with Gasteiger partial charge in [0.25, 0.3) is 5.56 Å². The standard InChI is InChI=1S/C23H31N3O3/c1-28-21-9-5-6-10-26(20(21)15-18-7-3-2-4-8-18)22-16-19(17-23(27)24-22)25-11-13-29-14-12-25/h2-4,7-8,16-17,20-21H,5-6,9-15H2,1H3,(H,24,27). The molecule has 2 aliphatic heterocycles. The van der Waals surface area contributed by atoms with Crippen molar-refractivity contribution in [3.63, 3.8) is 0 Å². The number of nitrogens with one attached hydrogen (secondary N) is 1. The van der Waals surface area contributed by atoms with Crippen molar-refractivity contribution in [2.75, 3.05) is 49.8 Å². The monoisotopic (exact) mass is 397 g/mol. The van der Waals surface area contributed by atoms with E-state index in [0.29, 0.717) is 13.2 Å². The summed E-state index contributed by atoms with van der Waals surface area (Å²) in [5, 5.41) is 0. The van der Waals surface area contributed by atoms with Gasteiger partial charge in [0, 0.05) is 44.6 Å². The molecule has 6 heteroatoms. The van der Waals surface area contributed by atoms with Crippen molar-refractivity contribution in [1.82, 2.24) is 4.98 Å². The molecule has 2 fully saturated rings. The van der Waals surface area contributed by atoms with E-state index >= 15 is 0 Å². The summed E-state index contributed by atoms with van der Waals surface area (Å²) in [6.07, 6.45) is 4.29. The molecule has 0 bridgehead atoms. The van der Waals surface area contributed by atoms with Crippen LogP contribution in [0.15, 0.2) is 47.3 Å². The highest BCUT2D eigenvalue weighted by atomic mass is 16.5. The molecule has 0 radical (unpaired) electrons. The van der Waals surface area contributed by atoms with Gasteiger partial charge in [-0.1, -0.05) is 30.3 Å². The number of pyridine rings is 1. The minimum absolute atomic E-state index is 0.0549. The zero-order valence-electron chi connectivity index (χ0n) is 17.2. The molecule has 3 heterocycles. The minimum atomic E-state index is -0.0549. The number of methoxy groups -OCH3 is 1. The number of hydrogen-bond donors (Lipinski definition) is 1. The van der Waals surface area contributed by atoms with Crippen molar-refractivity contribution in [3.05, 3.63) is 58.4 Å². The Hall–Kier alpha value is -2.31. The number of benzene rings is 1. The van der Waals surface area contributed by atoms with Gasteiger partial charge in [-0.3, -0.25) is 4.79 Å². The fraction of sp³-hybridized carbons (Fsp3) is 0.522. The van der Waals surface area contributed by atoms with Crippen LogP contribution in [0.3, 0.4) is 0 Å². The normalized spacial score (nSPS) is 23.1. The maximum absolute atomic E-state index is 12.5. The molecule has 0 spiro atoms. The Kier molecular flexibility index (Phi) is 6.52. The number of nitrogens with zero attached hydrogens (tertiary/aromatic N) is 2. The third-order valence-electron chi connectivity index (χ3n) is 6.06. The van der Waals surface area contributed by atoms with Gasteiger partial charge in [-0.15, -0.1) is 0 Å². The van der Waals surface area contributed by atoms with E-state index in [9.17, 15) is 4.79 Å². The Balaban J connectivity index is 1.67. The van der Waals surface area contributed by atoms with Crippen molar-refractivity contribution >= 4 is 11.5 Å². The number of rotatable bonds is 5. The van der Waals surface area contributed by atoms with Crippen LogP contribution in [0.2, 0.25) is 0 Å². The largest absolute Gasteiger partial charge is 0.379 e. The molecule has 6 nitrogen and oxygen atoms in total. The van der Waals surface area contributed by atoms with E-state index in [0.717, 1.165) is 56.8 Å². The average Bonchev–Trinajstić information content (AvgIpc) is 2.97. The highest BCUT2D eigenvalue weighted by molar-refractivity contribution is 5.56. The van der Waals surface area contributed by atoms with Crippen LogP contribution in [0.4, 0.5) is 11.5 Å². The Bertz CT molecular complexity index is 833. The molecule has 29 heavy (non-hydrogen) atoms. The number of hydrogen-bond acceptors (Lipinski definition) is 5. The van der Waals surface area contributed by atoms with Gasteiger partial charge in [0.2, 0.25) is 0 Å². The molecule has 2 saturated heterocycles. The summed E-state index contributed by atoms with van der Waals surface area (Å²) in [7, 11) is 1.80. The second-order valence-corrected chi connectivity index (χ2v) is 7.91. The maximum Gasteiger partial charge on any atom is 0.251 e. The predicted molar refractivity (Wildman–Crippen MR) is 116 cm³/mol. The SMILES string of the molecule is COC1CCCCN(c2cc(N3CCOCC3)cc(=O)[nH]2)C1Cc1ccccc1. The van der Waals surface area contributed by atoms with Crippen LogP contribution in [0.1, 0.15) is 24.8 Å². The zero-order chi connectivity index (χ0) is 20.1. The molecule has 1 N–H and O–H groups in total. The molecule has 2 aliphatic rings. The van der Waals surface area contributed by atoms with Crippen LogP contribution in [0, 0.1) is 0 Å². The van der Waals surface area contributed by atoms with Gasteiger partial charge >= 0.3 is 0 Å². The lowest BCUT2D eigenvalue weighted by molar-refractivity contribution is 0.0741. The van der Waals surface area contributed by atoms with Gasteiger partial charge in [-0.05, 0) is 31.2 Å². The first-order valence-electron chi connectivity index (χ1n) is 10.6. The highest BCUT2D eigenvalue weighted by Gasteiger charge is 2.31. The first-order valence-corrected chi connectivity index (χ1v) is 10.6. The Morgan fingerprint density at radius 3 is 2.66 bits per heavy atom. The number of aromatic nitrogens is 1. The third-order valence-corrected chi connectivity index (χ3v) is 6.06. The highest BCUT2D eigenvalue weighted by Crippen LogP contribution is 2.28. The second-order valence-electron chi connectivity index (χ2n) is 7.91. The van der Waals surface area contributed by atoms with Gasteiger partial charge in [0.05, 0.1) is 25.4 Å². The van der Waals surface area contributed by atoms with Crippen LogP contribution in [0.5, 0.6) is 0 Å². The summed E-state index contributed by atoms with van der Waals surface area (Å²) in [6, 6.07) is 14.6. The Morgan fingerprint density at radius 2 is 1.90 bits per heavy atom. The molecule has 1 aromatic heterocycles. The van der Waals surface area contributed by atoms with E-state index in [1.54, 1.807) is 13.2 Å². The molecule has 0 amide bonds. The lowest BCUT2D eigenvalue weighted by Gasteiger charge is -2.36. The van der Waals surface area contributed by atoms with Crippen molar-refractivity contribution in [2.24, 2.45) is 0 Å². The quantitative estimate of drug-likeness (QED) is 0.841. The van der Waals surface area contributed by atoms with Gasteiger partial charge in [-0.2, -0.15) is 0 Å². The van der Waals surface area contributed by atoms with Crippen LogP contribution < -0.4 is 15.4 Å².